The average molecular weight is 455 g/mol. The first kappa shape index (κ1) is 25.2. The van der Waals surface area contributed by atoms with E-state index in [1.165, 1.54) is 10.8 Å². The molecule has 0 bridgehead atoms. The molecule has 9 nitrogen and oxygen atoms in total. The van der Waals surface area contributed by atoms with Gasteiger partial charge < -0.3 is 19.3 Å². The zero-order valence-corrected chi connectivity index (χ0v) is 18.9. The van der Waals surface area contributed by atoms with Crippen LogP contribution >= 0.6 is 12.6 Å². The summed E-state index contributed by atoms with van der Waals surface area (Å²) in [5.41, 5.74) is -1.31. The lowest BCUT2D eigenvalue weighted by Gasteiger charge is -2.21. The van der Waals surface area contributed by atoms with E-state index in [9.17, 15) is 19.5 Å². The van der Waals surface area contributed by atoms with Gasteiger partial charge in [-0.25, -0.2) is 4.79 Å². The van der Waals surface area contributed by atoms with Crippen molar-refractivity contribution in [1.29, 1.82) is 0 Å². The average Bonchev–Trinajstić information content (AvgIpc) is 3.04. The number of thiol groups is 1. The first-order valence-electron chi connectivity index (χ1n) is 10.1. The fourth-order valence-corrected chi connectivity index (χ4v) is 3.01. The molecule has 0 aliphatic carbocycles. The van der Waals surface area contributed by atoms with Gasteiger partial charge in [-0.15, -0.1) is 0 Å². The number of hydrogen-bond donors (Lipinski definition) is 3. The highest BCUT2D eigenvalue weighted by Gasteiger charge is 2.36. The van der Waals surface area contributed by atoms with Crippen LogP contribution < -0.4 is 11.2 Å². The number of carbonyl (C=O) groups excluding carboxylic acids is 1. The smallest absolute Gasteiger partial charge is 0.330 e. The SMILES string of the molecule is CC(C)(C)COCC1OC(n2cc(C#CCOC(=O)CCCS)c(=O)[nH]c2=O)CC1O. The summed E-state index contributed by atoms with van der Waals surface area (Å²) in [5, 5.41) is 10.3. The summed E-state index contributed by atoms with van der Waals surface area (Å²) in [6, 6.07) is 0. The Balaban J connectivity index is 2.03. The van der Waals surface area contributed by atoms with E-state index >= 15 is 0 Å². The molecule has 0 radical (unpaired) electrons. The van der Waals surface area contributed by atoms with Gasteiger partial charge in [0.2, 0.25) is 0 Å². The maximum Gasteiger partial charge on any atom is 0.330 e. The third-order valence-electron chi connectivity index (χ3n) is 4.37. The van der Waals surface area contributed by atoms with Crippen molar-refractivity contribution in [3.63, 3.8) is 0 Å². The van der Waals surface area contributed by atoms with Gasteiger partial charge in [-0.3, -0.25) is 19.1 Å². The number of aliphatic hydroxyl groups is 1. The molecule has 1 saturated heterocycles. The van der Waals surface area contributed by atoms with Crippen molar-refractivity contribution in [3.8, 4) is 11.8 Å². The van der Waals surface area contributed by atoms with Gasteiger partial charge in [0.05, 0.1) is 19.3 Å². The molecule has 0 saturated carbocycles. The quantitative estimate of drug-likeness (QED) is 0.303. The summed E-state index contributed by atoms with van der Waals surface area (Å²) in [7, 11) is 0. The van der Waals surface area contributed by atoms with Crippen molar-refractivity contribution < 1.29 is 24.1 Å². The summed E-state index contributed by atoms with van der Waals surface area (Å²) < 4.78 is 17.5. The molecule has 1 aliphatic heterocycles. The number of aliphatic hydroxyl groups excluding tert-OH is 1. The standard InChI is InChI=1S/C21H30N2O7S/c1-21(2,3)13-28-12-16-15(24)10-17(30-16)23-11-14(19(26)22-20(23)27)6-4-8-29-18(25)7-5-9-31/h11,15-17,24,31H,5,7-10,12-13H2,1-3H3,(H,22,26,27). The van der Waals surface area contributed by atoms with Crippen LogP contribution in [0.4, 0.5) is 0 Å². The zero-order chi connectivity index (χ0) is 23.0. The highest BCUT2D eigenvalue weighted by molar-refractivity contribution is 7.80. The Labute approximate surface area is 186 Å². The molecule has 1 aromatic rings. The topological polar surface area (TPSA) is 120 Å². The van der Waals surface area contributed by atoms with Crippen LogP contribution in [0.3, 0.4) is 0 Å². The minimum absolute atomic E-state index is 0.0205. The van der Waals surface area contributed by atoms with Crippen LogP contribution in [-0.2, 0) is 19.0 Å². The first-order chi connectivity index (χ1) is 14.6. The molecule has 2 rings (SSSR count). The molecule has 2 heterocycles. The van der Waals surface area contributed by atoms with Crippen molar-refractivity contribution in [2.45, 2.75) is 58.5 Å². The molecule has 0 spiro atoms. The number of ether oxygens (including phenoxy) is 3. The van der Waals surface area contributed by atoms with Crippen molar-refractivity contribution in [1.82, 2.24) is 9.55 Å². The Morgan fingerprint density at radius 1 is 1.42 bits per heavy atom. The van der Waals surface area contributed by atoms with Gasteiger partial charge in [-0.05, 0) is 17.6 Å². The summed E-state index contributed by atoms with van der Waals surface area (Å²) >= 11 is 4.02. The van der Waals surface area contributed by atoms with Crippen molar-refractivity contribution in [2.75, 3.05) is 25.6 Å². The van der Waals surface area contributed by atoms with E-state index in [1.807, 2.05) is 20.8 Å². The second-order valence-corrected chi connectivity index (χ2v) is 8.95. The lowest BCUT2D eigenvalue weighted by molar-refractivity contribution is -0.142. The summed E-state index contributed by atoms with van der Waals surface area (Å²) in [4.78, 5) is 37.9. The molecule has 0 amide bonds. The van der Waals surface area contributed by atoms with E-state index < -0.39 is 35.7 Å². The van der Waals surface area contributed by atoms with Crippen molar-refractivity contribution >= 4 is 18.6 Å². The highest BCUT2D eigenvalue weighted by Crippen LogP contribution is 2.28. The van der Waals surface area contributed by atoms with Crippen molar-refractivity contribution in [3.05, 3.63) is 32.6 Å². The fraction of sp³-hybridized carbons (Fsp3) is 0.667. The molecule has 1 aromatic heterocycles. The predicted molar refractivity (Wildman–Crippen MR) is 117 cm³/mol. The van der Waals surface area contributed by atoms with Gasteiger partial charge in [-0.2, -0.15) is 12.6 Å². The molecule has 1 aliphatic rings. The Morgan fingerprint density at radius 3 is 2.84 bits per heavy atom. The number of rotatable bonds is 8. The maximum atomic E-state index is 12.2. The molecule has 3 unspecified atom stereocenters. The summed E-state index contributed by atoms with van der Waals surface area (Å²) in [6.45, 7) is 6.63. The van der Waals surface area contributed by atoms with Gasteiger partial charge in [0, 0.05) is 19.0 Å². The van der Waals surface area contributed by atoms with Gasteiger partial charge in [0.1, 0.15) is 17.9 Å². The number of H-pyrrole nitrogens is 1. The Kier molecular flexibility index (Phi) is 9.37. The molecular weight excluding hydrogens is 424 g/mol. The van der Waals surface area contributed by atoms with E-state index in [-0.39, 0.29) is 37.0 Å². The zero-order valence-electron chi connectivity index (χ0n) is 18.1. The third-order valence-corrected chi connectivity index (χ3v) is 4.68. The van der Waals surface area contributed by atoms with Gasteiger partial charge >= 0.3 is 11.7 Å². The number of hydrogen-bond acceptors (Lipinski definition) is 8. The Hall–Kier alpha value is -2.06. The van der Waals surface area contributed by atoms with Crippen LogP contribution in [0, 0.1) is 17.3 Å². The highest BCUT2D eigenvalue weighted by atomic mass is 32.1. The first-order valence-corrected chi connectivity index (χ1v) is 10.8. The molecular formula is C21H30N2O7S. The normalized spacial score (nSPS) is 20.9. The summed E-state index contributed by atoms with van der Waals surface area (Å²) in [6.07, 6.45) is 0.154. The molecule has 31 heavy (non-hydrogen) atoms. The van der Waals surface area contributed by atoms with Crippen LogP contribution in [0.1, 0.15) is 51.8 Å². The minimum Gasteiger partial charge on any atom is -0.452 e. The van der Waals surface area contributed by atoms with Gasteiger partial charge in [0.15, 0.2) is 6.61 Å². The lowest BCUT2D eigenvalue weighted by atomic mass is 9.99. The predicted octanol–water partition coefficient (Wildman–Crippen LogP) is 0.852. The van der Waals surface area contributed by atoms with Gasteiger partial charge in [0.25, 0.3) is 5.56 Å². The lowest BCUT2D eigenvalue weighted by Crippen LogP contribution is -2.34. The third kappa shape index (κ3) is 8.18. The van der Waals surface area contributed by atoms with Crippen LogP contribution in [0.25, 0.3) is 0 Å². The number of esters is 1. The van der Waals surface area contributed by atoms with E-state index in [0.717, 1.165) is 0 Å². The Morgan fingerprint density at radius 2 is 2.16 bits per heavy atom. The monoisotopic (exact) mass is 454 g/mol. The van der Waals surface area contributed by atoms with E-state index in [1.54, 1.807) is 0 Å². The second-order valence-electron chi connectivity index (χ2n) is 8.51. The van der Waals surface area contributed by atoms with E-state index in [2.05, 4.69) is 29.5 Å². The van der Waals surface area contributed by atoms with Crippen LogP contribution in [0.5, 0.6) is 0 Å². The number of aromatic nitrogens is 2. The second kappa shape index (κ2) is 11.5. The van der Waals surface area contributed by atoms with Crippen LogP contribution in [0.2, 0.25) is 0 Å². The number of nitrogens with zero attached hydrogens (tertiary/aromatic N) is 1. The maximum absolute atomic E-state index is 12.2. The van der Waals surface area contributed by atoms with E-state index in [0.29, 0.717) is 18.8 Å². The number of nitrogens with one attached hydrogen (secondary N) is 1. The molecule has 172 valence electrons. The molecule has 2 N–H and O–H groups in total. The van der Waals surface area contributed by atoms with Crippen LogP contribution in [0.15, 0.2) is 15.8 Å². The molecule has 10 heteroatoms. The van der Waals surface area contributed by atoms with Crippen LogP contribution in [-0.4, -0.2) is 58.4 Å². The Bertz CT molecular complexity index is 923. The number of aromatic amines is 1. The molecule has 3 atom stereocenters. The summed E-state index contributed by atoms with van der Waals surface area (Å²) in [5.74, 6) is 5.38. The largest absolute Gasteiger partial charge is 0.452 e. The minimum atomic E-state index is -0.810. The molecule has 0 aromatic carbocycles. The molecule has 1 fully saturated rings. The van der Waals surface area contributed by atoms with Gasteiger partial charge in [-0.1, -0.05) is 32.6 Å². The van der Waals surface area contributed by atoms with Crippen molar-refractivity contribution in [2.24, 2.45) is 5.41 Å². The number of carbonyl (C=O) groups is 1. The van der Waals surface area contributed by atoms with E-state index in [4.69, 9.17) is 14.2 Å². The fourth-order valence-electron chi connectivity index (χ4n) is 2.85.